The lowest BCUT2D eigenvalue weighted by molar-refractivity contribution is 0.226. The van der Waals surface area contributed by atoms with E-state index in [-0.39, 0.29) is 0 Å². The number of hydrogen-bond acceptors (Lipinski definition) is 5. The van der Waals surface area contributed by atoms with Gasteiger partial charge in [-0.25, -0.2) is 4.98 Å². The zero-order chi connectivity index (χ0) is 20.4. The Morgan fingerprint density at radius 2 is 1.83 bits per heavy atom. The minimum atomic E-state index is 0.328. The van der Waals surface area contributed by atoms with Crippen LogP contribution in [0.5, 0.6) is 0 Å². The predicted molar refractivity (Wildman–Crippen MR) is 123 cm³/mol. The van der Waals surface area contributed by atoms with E-state index in [0.29, 0.717) is 27.1 Å². The summed E-state index contributed by atoms with van der Waals surface area (Å²) in [4.78, 5) is 11.8. The molecule has 0 spiro atoms. The number of anilines is 3. The van der Waals surface area contributed by atoms with Crippen molar-refractivity contribution in [1.82, 2.24) is 14.9 Å². The second-order valence-corrected chi connectivity index (χ2v) is 8.53. The third-order valence-electron chi connectivity index (χ3n) is 5.07. The summed E-state index contributed by atoms with van der Waals surface area (Å²) in [6, 6.07) is 11.2. The van der Waals surface area contributed by atoms with Crippen LogP contribution >= 0.6 is 34.8 Å². The third kappa shape index (κ3) is 5.04. The molecule has 2 heterocycles. The van der Waals surface area contributed by atoms with Crippen LogP contribution in [0.4, 0.5) is 17.5 Å². The molecule has 4 rings (SSSR count). The van der Waals surface area contributed by atoms with Crippen molar-refractivity contribution in [2.75, 3.05) is 30.3 Å². The maximum Gasteiger partial charge on any atom is 0.229 e. The Labute approximate surface area is 185 Å². The SMILES string of the molecule is CCN1CCC[C@@H](Nc2nc(Nc3cc(Cl)cc(Cl)c3)nc3ccc(Cl)cc23)C1. The van der Waals surface area contributed by atoms with Crippen molar-refractivity contribution in [2.24, 2.45) is 0 Å². The van der Waals surface area contributed by atoms with Crippen LogP contribution in [0.2, 0.25) is 15.1 Å². The molecule has 1 saturated heterocycles. The summed E-state index contributed by atoms with van der Waals surface area (Å²) in [6.07, 6.45) is 2.27. The highest BCUT2D eigenvalue weighted by Gasteiger charge is 2.20. The van der Waals surface area contributed by atoms with Crippen molar-refractivity contribution in [3.8, 4) is 0 Å². The molecule has 0 amide bonds. The van der Waals surface area contributed by atoms with Gasteiger partial charge in [-0.3, -0.25) is 0 Å². The van der Waals surface area contributed by atoms with Gasteiger partial charge in [-0.1, -0.05) is 41.7 Å². The minimum Gasteiger partial charge on any atom is -0.365 e. The van der Waals surface area contributed by atoms with E-state index in [9.17, 15) is 0 Å². The molecule has 0 aliphatic carbocycles. The lowest BCUT2D eigenvalue weighted by Crippen LogP contribution is -2.42. The fourth-order valence-corrected chi connectivity index (χ4v) is 4.37. The number of aromatic nitrogens is 2. The van der Waals surface area contributed by atoms with E-state index in [2.05, 4.69) is 27.4 Å². The lowest BCUT2D eigenvalue weighted by atomic mass is 10.1. The van der Waals surface area contributed by atoms with Gasteiger partial charge in [0.25, 0.3) is 0 Å². The van der Waals surface area contributed by atoms with Gasteiger partial charge in [-0.05, 0) is 62.3 Å². The van der Waals surface area contributed by atoms with E-state index in [4.69, 9.17) is 39.8 Å². The molecule has 0 saturated carbocycles. The minimum absolute atomic E-state index is 0.328. The topological polar surface area (TPSA) is 53.1 Å². The molecule has 0 unspecified atom stereocenters. The summed E-state index contributed by atoms with van der Waals surface area (Å²) in [7, 11) is 0. The Morgan fingerprint density at radius 3 is 2.59 bits per heavy atom. The van der Waals surface area contributed by atoms with Gasteiger partial charge in [0, 0.05) is 38.7 Å². The number of rotatable bonds is 5. The molecule has 8 heteroatoms. The van der Waals surface area contributed by atoms with Crippen LogP contribution in [-0.4, -0.2) is 40.5 Å². The molecule has 1 aliphatic heterocycles. The Bertz CT molecular complexity index is 1010. The fraction of sp³-hybridized carbons (Fsp3) is 0.333. The highest BCUT2D eigenvalue weighted by atomic mass is 35.5. The third-order valence-corrected chi connectivity index (χ3v) is 5.74. The highest BCUT2D eigenvalue weighted by Crippen LogP contribution is 2.29. The van der Waals surface area contributed by atoms with Crippen molar-refractivity contribution in [2.45, 2.75) is 25.8 Å². The maximum absolute atomic E-state index is 6.25. The number of nitrogens with one attached hydrogen (secondary N) is 2. The van der Waals surface area contributed by atoms with Gasteiger partial charge >= 0.3 is 0 Å². The fourth-order valence-electron chi connectivity index (χ4n) is 3.68. The molecule has 29 heavy (non-hydrogen) atoms. The number of benzene rings is 2. The molecule has 5 nitrogen and oxygen atoms in total. The monoisotopic (exact) mass is 449 g/mol. The van der Waals surface area contributed by atoms with E-state index >= 15 is 0 Å². The van der Waals surface area contributed by atoms with Gasteiger partial charge < -0.3 is 15.5 Å². The van der Waals surface area contributed by atoms with Crippen LogP contribution in [-0.2, 0) is 0 Å². The number of likely N-dealkylation sites (tertiary alicyclic amines) is 1. The molecule has 1 atom stereocenters. The summed E-state index contributed by atoms with van der Waals surface area (Å²) >= 11 is 18.5. The Morgan fingerprint density at radius 1 is 1.03 bits per heavy atom. The average molecular weight is 451 g/mol. The molecule has 2 N–H and O–H groups in total. The van der Waals surface area contributed by atoms with Crippen molar-refractivity contribution >= 4 is 63.2 Å². The maximum atomic E-state index is 6.25. The van der Waals surface area contributed by atoms with Crippen LogP contribution in [0.15, 0.2) is 36.4 Å². The summed E-state index contributed by atoms with van der Waals surface area (Å²) in [5, 5.41) is 9.50. The van der Waals surface area contributed by atoms with Crippen LogP contribution < -0.4 is 10.6 Å². The van der Waals surface area contributed by atoms with Gasteiger partial charge in [0.2, 0.25) is 5.95 Å². The zero-order valence-corrected chi connectivity index (χ0v) is 18.3. The standard InChI is InChI=1S/C21H22Cl3N5/c1-2-29-7-3-4-16(12-29)25-20-18-11-13(22)5-6-19(18)27-21(28-20)26-17-9-14(23)8-15(24)10-17/h5-6,8-11,16H,2-4,7,12H2,1H3,(H2,25,26,27,28)/t16-/m1/s1. The molecule has 1 fully saturated rings. The van der Waals surface area contributed by atoms with Gasteiger partial charge in [-0.2, -0.15) is 4.98 Å². The van der Waals surface area contributed by atoms with E-state index in [1.807, 2.05) is 18.2 Å². The molecule has 152 valence electrons. The Kier molecular flexibility index (Phi) is 6.30. The predicted octanol–water partition coefficient (Wildman–Crippen LogP) is 6.23. The summed E-state index contributed by atoms with van der Waals surface area (Å²) in [6.45, 7) is 5.39. The van der Waals surface area contributed by atoms with Gasteiger partial charge in [0.1, 0.15) is 5.82 Å². The van der Waals surface area contributed by atoms with Crippen molar-refractivity contribution in [1.29, 1.82) is 0 Å². The van der Waals surface area contributed by atoms with E-state index in [1.165, 1.54) is 6.42 Å². The van der Waals surface area contributed by atoms with Crippen LogP contribution in [0.3, 0.4) is 0 Å². The Hall–Kier alpha value is -1.79. The second kappa shape index (κ2) is 8.92. The molecule has 1 aliphatic rings. The highest BCUT2D eigenvalue weighted by molar-refractivity contribution is 6.35. The average Bonchev–Trinajstić information content (AvgIpc) is 2.68. The zero-order valence-electron chi connectivity index (χ0n) is 16.1. The summed E-state index contributed by atoms with van der Waals surface area (Å²) < 4.78 is 0. The number of likely N-dealkylation sites (N-methyl/N-ethyl adjacent to an activating group) is 1. The van der Waals surface area contributed by atoms with E-state index in [1.54, 1.807) is 18.2 Å². The molecule has 2 aromatic carbocycles. The second-order valence-electron chi connectivity index (χ2n) is 7.22. The van der Waals surface area contributed by atoms with Gasteiger partial charge in [0.05, 0.1) is 5.52 Å². The first kappa shape index (κ1) is 20.5. The largest absolute Gasteiger partial charge is 0.365 e. The molecule has 1 aromatic heterocycles. The number of hydrogen-bond donors (Lipinski definition) is 2. The molecule has 0 radical (unpaired) electrons. The number of piperidine rings is 1. The van der Waals surface area contributed by atoms with Crippen LogP contribution in [0, 0.1) is 0 Å². The smallest absolute Gasteiger partial charge is 0.229 e. The number of fused-ring (bicyclic) bond motifs is 1. The van der Waals surface area contributed by atoms with E-state index in [0.717, 1.165) is 48.5 Å². The van der Waals surface area contributed by atoms with Crippen molar-refractivity contribution < 1.29 is 0 Å². The quantitative estimate of drug-likeness (QED) is 0.482. The molecule has 0 bridgehead atoms. The van der Waals surface area contributed by atoms with Crippen LogP contribution in [0.1, 0.15) is 19.8 Å². The van der Waals surface area contributed by atoms with Crippen molar-refractivity contribution in [3.63, 3.8) is 0 Å². The van der Waals surface area contributed by atoms with E-state index < -0.39 is 0 Å². The summed E-state index contributed by atoms with van der Waals surface area (Å²) in [5.74, 6) is 1.25. The molecular weight excluding hydrogens is 429 g/mol. The van der Waals surface area contributed by atoms with Crippen molar-refractivity contribution in [3.05, 3.63) is 51.5 Å². The molecular formula is C21H22Cl3N5. The summed E-state index contributed by atoms with van der Waals surface area (Å²) in [5.41, 5.74) is 1.54. The lowest BCUT2D eigenvalue weighted by Gasteiger charge is -2.32. The first-order chi connectivity index (χ1) is 14.0. The number of halogens is 3. The normalized spacial score (nSPS) is 17.4. The number of nitrogens with zero attached hydrogens (tertiary/aromatic N) is 3. The molecule has 3 aromatic rings. The first-order valence-corrected chi connectivity index (χ1v) is 10.8. The first-order valence-electron chi connectivity index (χ1n) is 9.69. The van der Waals surface area contributed by atoms with Crippen LogP contribution in [0.25, 0.3) is 10.9 Å². The van der Waals surface area contributed by atoms with Gasteiger partial charge in [-0.15, -0.1) is 0 Å². The van der Waals surface area contributed by atoms with Gasteiger partial charge in [0.15, 0.2) is 0 Å². The Balaban J connectivity index is 1.68.